The molecule has 4 nitrogen and oxygen atoms in total. The summed E-state index contributed by atoms with van der Waals surface area (Å²) in [6, 6.07) is 2.16. The van der Waals surface area contributed by atoms with Gasteiger partial charge >= 0.3 is 0 Å². The zero-order chi connectivity index (χ0) is 17.2. The van der Waals surface area contributed by atoms with Crippen LogP contribution in [-0.4, -0.2) is 43.6 Å². The van der Waals surface area contributed by atoms with Gasteiger partial charge in [-0.05, 0) is 75.5 Å². The Morgan fingerprint density at radius 1 is 1.38 bits per heavy atom. The predicted octanol–water partition coefficient (Wildman–Crippen LogP) is 3.62. The first-order chi connectivity index (χ1) is 11.7. The first-order valence-electron chi connectivity index (χ1n) is 9.46. The Kier molecular flexibility index (Phi) is 8.60. The van der Waals surface area contributed by atoms with Crippen LogP contribution in [0, 0.1) is 12.8 Å². The van der Waals surface area contributed by atoms with Crippen molar-refractivity contribution in [1.82, 2.24) is 15.5 Å². The van der Waals surface area contributed by atoms with Crippen LogP contribution in [0.4, 0.5) is 0 Å². The molecule has 2 N–H and O–H groups in total. The van der Waals surface area contributed by atoms with Crippen molar-refractivity contribution in [1.29, 1.82) is 0 Å². The van der Waals surface area contributed by atoms with Crippen molar-refractivity contribution in [2.45, 2.75) is 53.0 Å². The second kappa shape index (κ2) is 10.7. The topological polar surface area (TPSA) is 39.7 Å². The van der Waals surface area contributed by atoms with Gasteiger partial charge in [0.25, 0.3) is 0 Å². The van der Waals surface area contributed by atoms with E-state index in [0.29, 0.717) is 0 Å². The van der Waals surface area contributed by atoms with Gasteiger partial charge in [-0.25, -0.2) is 4.99 Å². The van der Waals surface area contributed by atoms with E-state index in [1.54, 1.807) is 11.3 Å². The van der Waals surface area contributed by atoms with E-state index < -0.39 is 0 Å². The average Bonchev–Trinajstić information content (AvgIpc) is 2.97. The van der Waals surface area contributed by atoms with Crippen molar-refractivity contribution in [3.8, 4) is 0 Å². The van der Waals surface area contributed by atoms with Gasteiger partial charge in [-0.15, -0.1) is 11.3 Å². The van der Waals surface area contributed by atoms with E-state index in [1.807, 2.05) is 0 Å². The van der Waals surface area contributed by atoms with Gasteiger partial charge in [0.05, 0.1) is 6.54 Å². The fourth-order valence-corrected chi connectivity index (χ4v) is 4.05. The van der Waals surface area contributed by atoms with Gasteiger partial charge in [0.15, 0.2) is 5.96 Å². The van der Waals surface area contributed by atoms with Crippen LogP contribution < -0.4 is 10.6 Å². The number of nitrogens with zero attached hydrogens (tertiary/aromatic N) is 2. The van der Waals surface area contributed by atoms with Crippen molar-refractivity contribution in [3.63, 3.8) is 0 Å². The molecule has 5 heteroatoms. The first kappa shape index (κ1) is 19.3. The largest absolute Gasteiger partial charge is 0.357 e. The number of likely N-dealkylation sites (tertiary alicyclic amines) is 1. The number of nitrogens with one attached hydrogen (secondary N) is 2. The summed E-state index contributed by atoms with van der Waals surface area (Å²) in [4.78, 5) is 8.69. The minimum absolute atomic E-state index is 0.768. The van der Waals surface area contributed by atoms with Crippen LogP contribution in [0.15, 0.2) is 16.4 Å². The molecule has 1 unspecified atom stereocenters. The molecule has 0 aliphatic carbocycles. The molecule has 1 aliphatic rings. The van der Waals surface area contributed by atoms with Gasteiger partial charge in [-0.2, -0.15) is 0 Å². The lowest BCUT2D eigenvalue weighted by molar-refractivity contribution is 0.181. The quantitative estimate of drug-likeness (QED) is 0.427. The van der Waals surface area contributed by atoms with Crippen LogP contribution in [0.25, 0.3) is 0 Å². The maximum absolute atomic E-state index is 4.71. The summed E-state index contributed by atoms with van der Waals surface area (Å²) in [6.45, 7) is 13.1. The third-order valence-corrected chi connectivity index (χ3v) is 5.64. The smallest absolute Gasteiger partial charge is 0.191 e. The highest BCUT2D eigenvalue weighted by Gasteiger charge is 2.15. The van der Waals surface area contributed by atoms with E-state index in [1.165, 1.54) is 55.8 Å². The summed E-state index contributed by atoms with van der Waals surface area (Å²) in [7, 11) is 0. The molecule has 0 saturated carbocycles. The van der Waals surface area contributed by atoms with Crippen molar-refractivity contribution in [2.24, 2.45) is 10.9 Å². The van der Waals surface area contributed by atoms with Crippen molar-refractivity contribution in [2.75, 3.05) is 32.7 Å². The van der Waals surface area contributed by atoms with Gasteiger partial charge in [0.1, 0.15) is 0 Å². The molecule has 0 spiro atoms. The number of hydrogen-bond donors (Lipinski definition) is 2. The van der Waals surface area contributed by atoms with Crippen LogP contribution in [-0.2, 0) is 6.54 Å². The van der Waals surface area contributed by atoms with Crippen molar-refractivity contribution in [3.05, 3.63) is 21.9 Å². The Labute approximate surface area is 151 Å². The maximum Gasteiger partial charge on any atom is 0.191 e. The van der Waals surface area contributed by atoms with E-state index in [0.717, 1.165) is 31.5 Å². The van der Waals surface area contributed by atoms with Crippen molar-refractivity contribution < 1.29 is 0 Å². The zero-order valence-corrected chi connectivity index (χ0v) is 16.4. The summed E-state index contributed by atoms with van der Waals surface area (Å²) in [5.41, 5.74) is 1.34. The average molecular weight is 351 g/mol. The normalized spacial score (nSPS) is 19.5. The van der Waals surface area contributed by atoms with Gasteiger partial charge < -0.3 is 15.5 Å². The standard InChI is InChI=1S/C19H34N4S/c1-4-20-19(22-14-18-17(3)9-13-24-18)21-10-5-6-11-23-12-7-8-16(2)15-23/h9,13,16H,4-8,10-12,14-15H2,1-3H3,(H2,20,21,22). The fourth-order valence-electron chi connectivity index (χ4n) is 3.22. The van der Waals surface area contributed by atoms with E-state index in [9.17, 15) is 0 Å². The van der Waals surface area contributed by atoms with Gasteiger partial charge in [0, 0.05) is 24.5 Å². The number of thiophene rings is 1. The molecule has 0 amide bonds. The third kappa shape index (κ3) is 6.81. The number of unbranched alkanes of at least 4 members (excludes halogenated alkanes) is 1. The Balaban J connectivity index is 1.65. The zero-order valence-electron chi connectivity index (χ0n) is 15.6. The molecule has 1 aromatic rings. The molecule has 2 rings (SSSR count). The number of aryl methyl sites for hydroxylation is 1. The Hall–Kier alpha value is -1.07. The third-order valence-electron chi connectivity index (χ3n) is 4.63. The van der Waals surface area contributed by atoms with Crippen LogP contribution in [0.1, 0.15) is 50.0 Å². The minimum Gasteiger partial charge on any atom is -0.357 e. The van der Waals surface area contributed by atoms with Gasteiger partial charge in [-0.1, -0.05) is 6.92 Å². The lowest BCUT2D eigenvalue weighted by Crippen LogP contribution is -2.38. The van der Waals surface area contributed by atoms with Crippen molar-refractivity contribution >= 4 is 17.3 Å². The lowest BCUT2D eigenvalue weighted by atomic mass is 10.0. The molecule has 1 atom stereocenters. The Morgan fingerprint density at radius 3 is 2.96 bits per heavy atom. The molecule has 1 aromatic heterocycles. The van der Waals surface area contributed by atoms with Gasteiger partial charge in [0.2, 0.25) is 0 Å². The predicted molar refractivity (Wildman–Crippen MR) is 106 cm³/mol. The summed E-state index contributed by atoms with van der Waals surface area (Å²) in [6.07, 6.45) is 5.25. The number of rotatable bonds is 8. The molecule has 1 saturated heterocycles. The Bertz CT molecular complexity index is 497. The molecule has 1 fully saturated rings. The molecule has 0 aromatic carbocycles. The van der Waals surface area contributed by atoms with Crippen LogP contribution in [0.3, 0.4) is 0 Å². The summed E-state index contributed by atoms with van der Waals surface area (Å²) in [5.74, 6) is 1.82. The second-order valence-electron chi connectivity index (χ2n) is 6.90. The van der Waals surface area contributed by atoms with Crippen LogP contribution in [0.2, 0.25) is 0 Å². The molecule has 24 heavy (non-hydrogen) atoms. The number of aliphatic imine (C=N–C) groups is 1. The minimum atomic E-state index is 0.768. The molecule has 0 bridgehead atoms. The highest BCUT2D eigenvalue weighted by atomic mass is 32.1. The van der Waals surface area contributed by atoms with Gasteiger partial charge in [-0.3, -0.25) is 0 Å². The maximum atomic E-state index is 4.71. The summed E-state index contributed by atoms with van der Waals surface area (Å²) >= 11 is 1.79. The number of guanidine groups is 1. The highest BCUT2D eigenvalue weighted by molar-refractivity contribution is 7.10. The van der Waals surface area contributed by atoms with E-state index in [-0.39, 0.29) is 0 Å². The summed E-state index contributed by atoms with van der Waals surface area (Å²) < 4.78 is 0. The van der Waals surface area contributed by atoms with E-state index in [4.69, 9.17) is 4.99 Å². The molecule has 136 valence electrons. The Morgan fingerprint density at radius 2 is 2.25 bits per heavy atom. The molecule has 1 aliphatic heterocycles. The highest BCUT2D eigenvalue weighted by Crippen LogP contribution is 2.16. The number of piperidine rings is 1. The lowest BCUT2D eigenvalue weighted by Gasteiger charge is -2.30. The molecule has 0 radical (unpaired) electrons. The van der Waals surface area contributed by atoms with E-state index in [2.05, 4.69) is 47.8 Å². The molecule has 2 heterocycles. The SMILES string of the molecule is CCNC(=NCc1sccc1C)NCCCCN1CCCC(C)C1. The van der Waals surface area contributed by atoms with Crippen LogP contribution >= 0.6 is 11.3 Å². The molecular weight excluding hydrogens is 316 g/mol. The monoisotopic (exact) mass is 350 g/mol. The first-order valence-corrected chi connectivity index (χ1v) is 10.3. The molecular formula is C19H34N4S. The fraction of sp³-hybridized carbons (Fsp3) is 0.737. The summed E-state index contributed by atoms with van der Waals surface area (Å²) in [5, 5.41) is 8.96. The number of hydrogen-bond acceptors (Lipinski definition) is 3. The van der Waals surface area contributed by atoms with E-state index >= 15 is 0 Å². The van der Waals surface area contributed by atoms with Crippen LogP contribution in [0.5, 0.6) is 0 Å². The second-order valence-corrected chi connectivity index (χ2v) is 7.90.